The number of nitrogens with one attached hydrogen (secondary N) is 1. The normalized spacial score (nSPS) is 11.5. The zero-order valence-corrected chi connectivity index (χ0v) is 18.6. The molecule has 2 aromatic carbocycles. The Morgan fingerprint density at radius 2 is 1.88 bits per heavy atom. The maximum Gasteiger partial charge on any atom is 0.161 e. The summed E-state index contributed by atoms with van der Waals surface area (Å²) in [6, 6.07) is 18.7. The third kappa shape index (κ3) is 4.81. The molecule has 0 atom stereocenters. The first-order valence-corrected chi connectivity index (χ1v) is 10.7. The predicted molar refractivity (Wildman–Crippen MR) is 129 cm³/mol. The predicted octanol–water partition coefficient (Wildman–Crippen LogP) is 6.97. The van der Waals surface area contributed by atoms with Crippen LogP contribution in [0.3, 0.4) is 0 Å². The number of hydrogen-bond donors (Lipinski definition) is 2. The van der Waals surface area contributed by atoms with E-state index in [0.29, 0.717) is 27.9 Å². The van der Waals surface area contributed by atoms with E-state index in [4.69, 9.17) is 21.5 Å². The number of aryl methyl sites for hydroxylation is 1. The summed E-state index contributed by atoms with van der Waals surface area (Å²) in [5, 5.41) is 17.1. The minimum atomic E-state index is 0.533. The van der Waals surface area contributed by atoms with Crippen molar-refractivity contribution in [1.82, 2.24) is 9.97 Å². The van der Waals surface area contributed by atoms with Crippen LogP contribution < -0.4 is 10.1 Å². The second-order valence-electron chi connectivity index (χ2n) is 7.36. The van der Waals surface area contributed by atoms with Crippen LogP contribution in [0.4, 0.5) is 11.4 Å². The highest BCUT2D eigenvalue weighted by molar-refractivity contribution is 6.31. The first kappa shape index (κ1) is 21.6. The molecule has 6 nitrogen and oxygen atoms in total. The van der Waals surface area contributed by atoms with Crippen LogP contribution in [-0.4, -0.2) is 20.9 Å². The molecule has 0 saturated heterocycles. The fraction of sp³-hybridized carbons (Fsp3) is 0.160. The summed E-state index contributed by atoms with van der Waals surface area (Å²) in [6.45, 7) is 3.86. The van der Waals surface area contributed by atoms with Crippen LogP contribution in [0.1, 0.15) is 31.5 Å². The lowest BCUT2D eigenvalue weighted by Gasteiger charge is -2.15. The monoisotopic (exact) mass is 446 g/mol. The lowest BCUT2D eigenvalue weighted by molar-refractivity contribution is 0.319. The second-order valence-corrected chi connectivity index (χ2v) is 7.80. The van der Waals surface area contributed by atoms with Gasteiger partial charge in [-0.05, 0) is 79.6 Å². The van der Waals surface area contributed by atoms with Crippen molar-refractivity contribution < 1.29 is 9.94 Å². The molecule has 0 amide bonds. The van der Waals surface area contributed by atoms with Crippen molar-refractivity contribution in [2.24, 2.45) is 5.16 Å². The number of nitrogens with zero attached hydrogens (tertiary/aromatic N) is 3. The first-order chi connectivity index (χ1) is 15.6. The maximum atomic E-state index is 8.94. The lowest BCUT2D eigenvalue weighted by Crippen LogP contribution is -1.98. The highest BCUT2D eigenvalue weighted by atomic mass is 35.5. The van der Waals surface area contributed by atoms with Crippen molar-refractivity contribution in [1.29, 1.82) is 0 Å². The molecule has 32 heavy (non-hydrogen) atoms. The number of hydrogen-bond acceptors (Lipinski definition) is 6. The van der Waals surface area contributed by atoms with Crippen LogP contribution in [0.15, 0.2) is 72.0 Å². The Kier molecular flexibility index (Phi) is 6.52. The minimum Gasteiger partial charge on any atom is -0.455 e. The summed E-state index contributed by atoms with van der Waals surface area (Å²) in [4.78, 5) is 9.10. The van der Waals surface area contributed by atoms with Crippen molar-refractivity contribution >= 4 is 39.7 Å². The molecule has 0 fully saturated rings. The van der Waals surface area contributed by atoms with Gasteiger partial charge in [0.05, 0.1) is 17.1 Å². The number of aromatic nitrogens is 2. The Morgan fingerprint density at radius 1 is 1.06 bits per heavy atom. The molecule has 0 saturated carbocycles. The molecule has 162 valence electrons. The van der Waals surface area contributed by atoms with E-state index in [1.54, 1.807) is 19.2 Å². The average Bonchev–Trinajstić information content (AvgIpc) is 2.81. The second kappa shape index (κ2) is 9.66. The third-order valence-electron chi connectivity index (χ3n) is 5.03. The Hall–Kier alpha value is -3.64. The third-order valence-corrected chi connectivity index (χ3v) is 5.26. The Bertz CT molecular complexity index is 1270. The van der Waals surface area contributed by atoms with Crippen molar-refractivity contribution in [2.45, 2.75) is 26.7 Å². The number of benzene rings is 2. The van der Waals surface area contributed by atoms with Crippen LogP contribution in [-0.2, 0) is 6.42 Å². The van der Waals surface area contributed by atoms with Gasteiger partial charge in [0, 0.05) is 22.3 Å². The van der Waals surface area contributed by atoms with E-state index in [1.165, 1.54) is 0 Å². The molecule has 4 rings (SSSR count). The number of ether oxygens (including phenoxy) is 1. The molecule has 2 N–H and O–H groups in total. The topological polar surface area (TPSA) is 79.6 Å². The van der Waals surface area contributed by atoms with Crippen LogP contribution in [0.25, 0.3) is 11.0 Å². The van der Waals surface area contributed by atoms with E-state index >= 15 is 0 Å². The van der Waals surface area contributed by atoms with E-state index in [0.717, 1.165) is 40.9 Å². The molecule has 0 bridgehead atoms. The smallest absolute Gasteiger partial charge is 0.161 e. The van der Waals surface area contributed by atoms with Gasteiger partial charge in [0.2, 0.25) is 0 Å². The van der Waals surface area contributed by atoms with E-state index in [2.05, 4.69) is 27.4 Å². The van der Waals surface area contributed by atoms with Gasteiger partial charge in [-0.3, -0.25) is 0 Å². The molecule has 2 heterocycles. The largest absolute Gasteiger partial charge is 0.455 e. The summed E-state index contributed by atoms with van der Waals surface area (Å²) in [5.41, 5.74) is 4.66. The van der Waals surface area contributed by atoms with Gasteiger partial charge in [-0.25, -0.2) is 9.97 Å². The molecule has 7 heteroatoms. The maximum absolute atomic E-state index is 8.94. The molecule has 0 aliphatic heterocycles. The average molecular weight is 447 g/mol. The molecule has 0 spiro atoms. The standard InChI is InChI=1S/C25H23ClN4O2/c1-3-4-19-8-11-21-22(13-14-27-25(21)28-19)29-23-15-18(26)7-12-24(23)32-20-9-5-17(6-10-20)16(2)30-31/h5-15,31H,3-4H2,1-2H3,(H,27,28,29). The van der Waals surface area contributed by atoms with Crippen molar-refractivity contribution in [2.75, 3.05) is 5.32 Å². The number of halogens is 1. The number of anilines is 2. The number of rotatable bonds is 7. The minimum absolute atomic E-state index is 0.533. The Labute approximate surface area is 191 Å². The van der Waals surface area contributed by atoms with Gasteiger partial charge >= 0.3 is 0 Å². The molecule has 0 unspecified atom stereocenters. The molecular formula is C25H23ClN4O2. The number of pyridine rings is 2. The highest BCUT2D eigenvalue weighted by Crippen LogP contribution is 2.35. The highest BCUT2D eigenvalue weighted by Gasteiger charge is 2.11. The molecule has 0 radical (unpaired) electrons. The van der Waals surface area contributed by atoms with E-state index in [-0.39, 0.29) is 0 Å². The molecule has 4 aromatic rings. The molecule has 0 aliphatic rings. The van der Waals surface area contributed by atoms with Crippen molar-refractivity contribution in [3.8, 4) is 11.5 Å². The van der Waals surface area contributed by atoms with E-state index in [1.807, 2.05) is 54.6 Å². The number of fused-ring (bicyclic) bond motifs is 1. The summed E-state index contributed by atoms with van der Waals surface area (Å²) < 4.78 is 6.11. The van der Waals surface area contributed by atoms with E-state index < -0.39 is 0 Å². The lowest BCUT2D eigenvalue weighted by atomic mass is 10.1. The fourth-order valence-corrected chi connectivity index (χ4v) is 3.53. The van der Waals surface area contributed by atoms with Crippen LogP contribution >= 0.6 is 11.6 Å². The Balaban J connectivity index is 1.64. The molecule has 0 aliphatic carbocycles. The Morgan fingerprint density at radius 3 is 2.62 bits per heavy atom. The van der Waals surface area contributed by atoms with Crippen LogP contribution in [0, 0.1) is 0 Å². The summed E-state index contributed by atoms with van der Waals surface area (Å²) >= 11 is 6.27. The first-order valence-electron chi connectivity index (χ1n) is 10.4. The van der Waals surface area contributed by atoms with Gasteiger partial charge in [0.15, 0.2) is 11.4 Å². The van der Waals surface area contributed by atoms with Crippen LogP contribution in [0.2, 0.25) is 5.02 Å². The van der Waals surface area contributed by atoms with Gasteiger partial charge in [0.1, 0.15) is 5.75 Å². The zero-order chi connectivity index (χ0) is 22.5. The quantitative estimate of drug-likeness (QED) is 0.182. The number of oxime groups is 1. The van der Waals surface area contributed by atoms with Crippen molar-refractivity contribution in [3.63, 3.8) is 0 Å². The van der Waals surface area contributed by atoms with E-state index in [9.17, 15) is 0 Å². The summed E-state index contributed by atoms with van der Waals surface area (Å²) in [5.74, 6) is 1.27. The van der Waals surface area contributed by atoms with Gasteiger partial charge in [-0.2, -0.15) is 0 Å². The van der Waals surface area contributed by atoms with Crippen molar-refractivity contribution in [3.05, 3.63) is 83.1 Å². The fourth-order valence-electron chi connectivity index (χ4n) is 3.36. The molecule has 2 aromatic heterocycles. The summed E-state index contributed by atoms with van der Waals surface area (Å²) in [6.07, 6.45) is 3.69. The summed E-state index contributed by atoms with van der Waals surface area (Å²) in [7, 11) is 0. The van der Waals surface area contributed by atoms with Gasteiger partial charge in [-0.15, -0.1) is 0 Å². The zero-order valence-electron chi connectivity index (χ0n) is 17.8. The van der Waals surface area contributed by atoms with Gasteiger partial charge in [0.25, 0.3) is 0 Å². The molecular weight excluding hydrogens is 424 g/mol. The SMILES string of the molecule is CCCc1ccc2c(Nc3cc(Cl)ccc3Oc3ccc(C(C)=NO)cc3)ccnc2n1. The van der Waals surface area contributed by atoms with Gasteiger partial charge in [-0.1, -0.05) is 30.1 Å². The van der Waals surface area contributed by atoms with Crippen LogP contribution in [0.5, 0.6) is 11.5 Å². The van der Waals surface area contributed by atoms with Gasteiger partial charge < -0.3 is 15.3 Å².